The summed E-state index contributed by atoms with van der Waals surface area (Å²) in [4.78, 5) is 29.9. The van der Waals surface area contributed by atoms with Gasteiger partial charge in [-0.25, -0.2) is 0 Å². The van der Waals surface area contributed by atoms with Crippen LogP contribution in [0.25, 0.3) is 17.2 Å². The van der Waals surface area contributed by atoms with Gasteiger partial charge in [0.05, 0.1) is 6.42 Å². The number of carbonyl (C=O) groups excluding carboxylic acids is 1. The van der Waals surface area contributed by atoms with E-state index >= 15 is 0 Å². The summed E-state index contributed by atoms with van der Waals surface area (Å²) in [5.74, 6) is 0.790. The number of fused-ring (bicyclic) bond motifs is 1. The number of hydrogen-bond donors (Lipinski definition) is 1. The lowest BCUT2D eigenvalue weighted by Gasteiger charge is -2.13. The van der Waals surface area contributed by atoms with E-state index in [1.54, 1.807) is 6.08 Å². The highest BCUT2D eigenvalue weighted by Crippen LogP contribution is 2.19. The zero-order valence-electron chi connectivity index (χ0n) is 15.2. The molecule has 7 nitrogen and oxygen atoms in total. The minimum absolute atomic E-state index is 0.0365. The van der Waals surface area contributed by atoms with Gasteiger partial charge in [0.2, 0.25) is 11.7 Å². The van der Waals surface area contributed by atoms with E-state index in [0.717, 1.165) is 18.4 Å². The van der Waals surface area contributed by atoms with E-state index in [-0.39, 0.29) is 23.9 Å². The third kappa shape index (κ3) is 3.28. The predicted molar refractivity (Wildman–Crippen MR) is 102 cm³/mol. The summed E-state index contributed by atoms with van der Waals surface area (Å²) in [7, 11) is 0. The molecule has 0 spiro atoms. The van der Waals surface area contributed by atoms with Gasteiger partial charge in [-0.1, -0.05) is 36.4 Å². The van der Waals surface area contributed by atoms with Gasteiger partial charge in [-0.3, -0.25) is 9.59 Å². The minimum atomic E-state index is -0.302. The highest BCUT2D eigenvalue weighted by atomic mass is 16.2. The Kier molecular flexibility index (Phi) is 4.35. The average Bonchev–Trinajstić information content (AvgIpc) is 3.37. The number of hydrogen-bond acceptors (Lipinski definition) is 4. The minimum Gasteiger partial charge on any atom is -0.353 e. The van der Waals surface area contributed by atoms with E-state index in [9.17, 15) is 9.59 Å². The molecule has 3 aromatic rings. The van der Waals surface area contributed by atoms with Crippen LogP contribution in [0.4, 0.5) is 0 Å². The molecule has 1 aliphatic carbocycles. The largest absolute Gasteiger partial charge is 0.353 e. The first-order valence-corrected chi connectivity index (χ1v) is 9.03. The van der Waals surface area contributed by atoms with Crippen LogP contribution in [0.3, 0.4) is 0 Å². The van der Waals surface area contributed by atoms with Gasteiger partial charge in [0.1, 0.15) is 0 Å². The first kappa shape index (κ1) is 17.2. The zero-order chi connectivity index (χ0) is 19.0. The molecule has 0 radical (unpaired) electrons. The van der Waals surface area contributed by atoms with Crippen LogP contribution >= 0.6 is 0 Å². The van der Waals surface area contributed by atoms with Crippen LogP contribution in [-0.4, -0.2) is 31.1 Å². The van der Waals surface area contributed by atoms with E-state index in [1.807, 2.05) is 41.8 Å². The fourth-order valence-electron chi connectivity index (χ4n) is 3.14. The molecule has 1 aliphatic rings. The molecule has 27 heavy (non-hydrogen) atoms. The summed E-state index contributed by atoms with van der Waals surface area (Å²) in [6.45, 7) is 6.10. The monoisotopic (exact) mass is 363 g/mol. The smallest absolute Gasteiger partial charge is 0.279 e. The molecule has 1 saturated carbocycles. The number of amides is 1. The molecule has 1 amide bonds. The molecule has 1 N–H and O–H groups in total. The van der Waals surface area contributed by atoms with Crippen molar-refractivity contribution in [2.45, 2.75) is 38.8 Å². The molecular formula is C20H21N5O2. The Bertz CT molecular complexity index is 1080. The predicted octanol–water partition coefficient (Wildman–Crippen LogP) is 1.87. The second-order valence-corrected chi connectivity index (χ2v) is 6.80. The van der Waals surface area contributed by atoms with Crippen molar-refractivity contribution in [1.82, 2.24) is 24.5 Å². The molecule has 1 fully saturated rings. The van der Waals surface area contributed by atoms with E-state index in [2.05, 4.69) is 22.0 Å². The van der Waals surface area contributed by atoms with Gasteiger partial charge in [-0.05, 0) is 19.8 Å². The van der Waals surface area contributed by atoms with Crippen molar-refractivity contribution in [3.8, 4) is 11.4 Å². The SMILES string of the molecule is C=CCn1c(C)c(CC(=O)NC2CC2)c(=O)n2nc(-c3ccccc3)nc12. The van der Waals surface area contributed by atoms with Crippen molar-refractivity contribution >= 4 is 11.7 Å². The molecule has 4 rings (SSSR count). The third-order valence-electron chi connectivity index (χ3n) is 4.75. The number of aromatic nitrogens is 4. The molecular weight excluding hydrogens is 342 g/mol. The first-order valence-electron chi connectivity index (χ1n) is 9.03. The Morgan fingerprint density at radius 3 is 2.74 bits per heavy atom. The lowest BCUT2D eigenvalue weighted by atomic mass is 10.1. The van der Waals surface area contributed by atoms with Gasteiger partial charge in [0.25, 0.3) is 5.56 Å². The van der Waals surface area contributed by atoms with Crippen molar-refractivity contribution < 1.29 is 4.79 Å². The lowest BCUT2D eigenvalue weighted by Crippen LogP contribution is -2.33. The summed E-state index contributed by atoms with van der Waals surface area (Å²) >= 11 is 0. The Hall–Kier alpha value is -3.22. The average molecular weight is 363 g/mol. The van der Waals surface area contributed by atoms with Crippen molar-refractivity contribution in [3.63, 3.8) is 0 Å². The summed E-state index contributed by atoms with van der Waals surface area (Å²) in [5, 5.41) is 7.35. The molecule has 1 aromatic carbocycles. The van der Waals surface area contributed by atoms with Crippen LogP contribution in [0.5, 0.6) is 0 Å². The number of allylic oxidation sites excluding steroid dienone is 1. The third-order valence-corrected chi connectivity index (χ3v) is 4.75. The highest BCUT2D eigenvalue weighted by Gasteiger charge is 2.25. The number of benzene rings is 1. The second kappa shape index (κ2) is 6.83. The number of nitrogens with one attached hydrogen (secondary N) is 1. The molecule has 0 bridgehead atoms. The first-order chi connectivity index (χ1) is 13.1. The fraction of sp³-hybridized carbons (Fsp3) is 0.300. The Morgan fingerprint density at radius 2 is 2.07 bits per heavy atom. The van der Waals surface area contributed by atoms with Crippen LogP contribution in [0, 0.1) is 6.92 Å². The molecule has 0 unspecified atom stereocenters. The van der Waals surface area contributed by atoms with Gasteiger partial charge in [0, 0.05) is 29.4 Å². The van der Waals surface area contributed by atoms with Crippen LogP contribution in [-0.2, 0) is 17.8 Å². The molecule has 7 heteroatoms. The highest BCUT2D eigenvalue weighted by molar-refractivity contribution is 5.79. The maximum Gasteiger partial charge on any atom is 0.279 e. The van der Waals surface area contributed by atoms with E-state index in [1.165, 1.54) is 4.52 Å². The Balaban J connectivity index is 1.84. The quantitative estimate of drug-likeness (QED) is 0.678. The number of rotatable bonds is 6. The fourth-order valence-corrected chi connectivity index (χ4v) is 3.14. The molecule has 0 aliphatic heterocycles. The Morgan fingerprint density at radius 1 is 1.33 bits per heavy atom. The molecule has 0 atom stereocenters. The standard InChI is InChI=1S/C20H21N5O2/c1-3-11-24-13(2)16(12-17(26)21-15-9-10-15)19(27)25-20(24)22-18(23-25)14-7-5-4-6-8-14/h3-8,15H,1,9-12H2,2H3,(H,21,26). The van der Waals surface area contributed by atoms with Crippen LogP contribution in [0.2, 0.25) is 0 Å². The van der Waals surface area contributed by atoms with E-state index in [0.29, 0.717) is 29.4 Å². The topological polar surface area (TPSA) is 81.3 Å². The van der Waals surface area contributed by atoms with Gasteiger partial charge < -0.3 is 9.88 Å². The second-order valence-electron chi connectivity index (χ2n) is 6.80. The zero-order valence-corrected chi connectivity index (χ0v) is 15.2. The van der Waals surface area contributed by atoms with Gasteiger partial charge in [-0.15, -0.1) is 11.7 Å². The molecule has 2 heterocycles. The summed E-state index contributed by atoms with van der Waals surface area (Å²) in [6, 6.07) is 9.76. The van der Waals surface area contributed by atoms with E-state index < -0.39 is 0 Å². The van der Waals surface area contributed by atoms with Gasteiger partial charge >= 0.3 is 0 Å². The molecule has 0 saturated heterocycles. The van der Waals surface area contributed by atoms with Gasteiger partial charge in [-0.2, -0.15) is 9.50 Å². The van der Waals surface area contributed by atoms with Crippen molar-refractivity contribution in [1.29, 1.82) is 0 Å². The summed E-state index contributed by atoms with van der Waals surface area (Å²) in [6.07, 6.45) is 3.79. The van der Waals surface area contributed by atoms with Crippen molar-refractivity contribution in [3.05, 3.63) is 64.6 Å². The van der Waals surface area contributed by atoms with Crippen LogP contribution in [0.15, 0.2) is 47.8 Å². The molecule has 138 valence electrons. The molecule has 2 aromatic heterocycles. The lowest BCUT2D eigenvalue weighted by molar-refractivity contribution is -0.120. The summed E-state index contributed by atoms with van der Waals surface area (Å²) < 4.78 is 3.16. The summed E-state index contributed by atoms with van der Waals surface area (Å²) in [5.41, 5.74) is 1.68. The van der Waals surface area contributed by atoms with Crippen LogP contribution < -0.4 is 10.9 Å². The van der Waals surface area contributed by atoms with Gasteiger partial charge in [0.15, 0.2) is 5.82 Å². The maximum absolute atomic E-state index is 13.0. The van der Waals surface area contributed by atoms with Crippen LogP contribution in [0.1, 0.15) is 24.1 Å². The van der Waals surface area contributed by atoms with Crippen molar-refractivity contribution in [2.75, 3.05) is 0 Å². The normalized spacial score (nSPS) is 13.7. The van der Waals surface area contributed by atoms with Crippen molar-refractivity contribution in [2.24, 2.45) is 0 Å². The number of carbonyl (C=O) groups is 1. The Labute approximate surface area is 156 Å². The maximum atomic E-state index is 13.0. The number of nitrogens with zero attached hydrogens (tertiary/aromatic N) is 4. The van der Waals surface area contributed by atoms with E-state index in [4.69, 9.17) is 0 Å².